The maximum Gasteiger partial charge on any atom is 0.238 e. The van der Waals surface area contributed by atoms with E-state index in [1.54, 1.807) is 0 Å². The SMILES string of the molecule is CS(=O)(=O)N(C=O)c1cc[c]cc1. The van der Waals surface area contributed by atoms with Crippen molar-refractivity contribution < 1.29 is 13.2 Å². The molecule has 0 saturated heterocycles. The number of carbonyl (C=O) groups is 1. The van der Waals surface area contributed by atoms with Crippen molar-refractivity contribution >= 4 is 22.1 Å². The first kappa shape index (κ1) is 9.73. The third kappa shape index (κ3) is 2.29. The number of benzene rings is 1. The topological polar surface area (TPSA) is 54.5 Å². The highest BCUT2D eigenvalue weighted by atomic mass is 32.2. The van der Waals surface area contributed by atoms with E-state index >= 15 is 0 Å². The number of carbonyl (C=O) groups excluding carboxylic acids is 1. The molecule has 0 bridgehead atoms. The van der Waals surface area contributed by atoms with E-state index in [1.165, 1.54) is 24.3 Å². The van der Waals surface area contributed by atoms with Gasteiger partial charge in [-0.25, -0.2) is 12.7 Å². The average molecular weight is 198 g/mol. The molecule has 0 spiro atoms. The van der Waals surface area contributed by atoms with Crippen molar-refractivity contribution in [1.82, 2.24) is 0 Å². The van der Waals surface area contributed by atoms with Crippen LogP contribution in [0.5, 0.6) is 0 Å². The van der Waals surface area contributed by atoms with Crippen molar-refractivity contribution in [3.63, 3.8) is 0 Å². The lowest BCUT2D eigenvalue weighted by Gasteiger charge is -2.13. The first-order chi connectivity index (χ1) is 6.05. The van der Waals surface area contributed by atoms with E-state index in [0.29, 0.717) is 9.99 Å². The fraction of sp³-hybridized carbons (Fsp3) is 0.125. The summed E-state index contributed by atoms with van der Waals surface area (Å²) in [6.45, 7) is 0. The second kappa shape index (κ2) is 3.57. The summed E-state index contributed by atoms with van der Waals surface area (Å²) in [4.78, 5) is 10.5. The van der Waals surface area contributed by atoms with Crippen LogP contribution >= 0.6 is 0 Å². The molecule has 1 aromatic carbocycles. The molecule has 1 amide bonds. The quantitative estimate of drug-likeness (QED) is 0.661. The number of amides is 1. The summed E-state index contributed by atoms with van der Waals surface area (Å²) < 4.78 is 22.8. The minimum Gasteiger partial charge on any atom is -0.277 e. The Morgan fingerprint density at radius 3 is 2.31 bits per heavy atom. The first-order valence-electron chi connectivity index (χ1n) is 3.46. The number of sulfonamides is 1. The molecular formula is C8H8NO3S. The van der Waals surface area contributed by atoms with Crippen molar-refractivity contribution in [3.8, 4) is 0 Å². The summed E-state index contributed by atoms with van der Waals surface area (Å²) in [5.41, 5.74) is 0.316. The third-order valence-corrected chi connectivity index (χ3v) is 2.42. The largest absolute Gasteiger partial charge is 0.277 e. The van der Waals surface area contributed by atoms with Crippen LogP contribution in [0.4, 0.5) is 5.69 Å². The van der Waals surface area contributed by atoms with Gasteiger partial charge >= 0.3 is 0 Å². The zero-order valence-electron chi connectivity index (χ0n) is 6.97. The van der Waals surface area contributed by atoms with Gasteiger partial charge in [-0.3, -0.25) is 4.79 Å². The maximum atomic E-state index is 11.0. The summed E-state index contributed by atoms with van der Waals surface area (Å²) in [6.07, 6.45) is 1.24. The zero-order valence-corrected chi connectivity index (χ0v) is 7.78. The molecule has 0 aromatic heterocycles. The summed E-state index contributed by atoms with van der Waals surface area (Å²) in [5.74, 6) is 0. The van der Waals surface area contributed by atoms with Crippen LogP contribution in [0.15, 0.2) is 24.3 Å². The van der Waals surface area contributed by atoms with E-state index in [2.05, 4.69) is 6.07 Å². The highest BCUT2D eigenvalue weighted by Crippen LogP contribution is 2.13. The van der Waals surface area contributed by atoms with E-state index in [0.717, 1.165) is 6.26 Å². The number of anilines is 1. The monoisotopic (exact) mass is 198 g/mol. The molecule has 0 aliphatic carbocycles. The Balaban J connectivity index is 3.13. The molecule has 0 heterocycles. The van der Waals surface area contributed by atoms with Crippen LogP contribution in [0.2, 0.25) is 0 Å². The van der Waals surface area contributed by atoms with Gasteiger partial charge in [-0.15, -0.1) is 0 Å². The number of rotatable bonds is 3. The Morgan fingerprint density at radius 1 is 1.38 bits per heavy atom. The Labute approximate surface area is 76.8 Å². The molecule has 0 atom stereocenters. The zero-order chi connectivity index (χ0) is 9.90. The molecule has 1 aromatic rings. The van der Waals surface area contributed by atoms with Crippen molar-refractivity contribution in [2.24, 2.45) is 0 Å². The predicted molar refractivity (Wildman–Crippen MR) is 48.7 cm³/mol. The lowest BCUT2D eigenvalue weighted by molar-refractivity contribution is -0.106. The lowest BCUT2D eigenvalue weighted by Crippen LogP contribution is -2.27. The van der Waals surface area contributed by atoms with E-state index in [1.807, 2.05) is 0 Å². The second-order valence-corrected chi connectivity index (χ2v) is 4.28. The number of nitrogens with zero attached hydrogens (tertiary/aromatic N) is 1. The molecule has 4 nitrogen and oxygen atoms in total. The van der Waals surface area contributed by atoms with Crippen molar-refractivity contribution in [3.05, 3.63) is 30.3 Å². The molecule has 0 saturated carbocycles. The summed E-state index contributed by atoms with van der Waals surface area (Å²) in [5, 5.41) is 0. The molecule has 13 heavy (non-hydrogen) atoms. The molecule has 0 unspecified atom stereocenters. The van der Waals surface area contributed by atoms with Crippen LogP contribution in [0, 0.1) is 6.07 Å². The minimum atomic E-state index is -3.52. The molecule has 1 radical (unpaired) electrons. The van der Waals surface area contributed by atoms with Gasteiger partial charge in [-0.1, -0.05) is 12.1 Å². The third-order valence-electron chi connectivity index (χ3n) is 1.41. The van der Waals surface area contributed by atoms with Crippen molar-refractivity contribution in [2.45, 2.75) is 0 Å². The molecule has 0 aliphatic heterocycles. The Hall–Kier alpha value is -1.36. The molecule has 0 aliphatic rings. The Morgan fingerprint density at radius 2 is 1.92 bits per heavy atom. The minimum absolute atomic E-state index is 0.269. The van der Waals surface area contributed by atoms with Crippen LogP contribution in [-0.4, -0.2) is 21.1 Å². The fourth-order valence-electron chi connectivity index (χ4n) is 0.856. The first-order valence-corrected chi connectivity index (χ1v) is 5.31. The van der Waals surface area contributed by atoms with E-state index < -0.39 is 10.0 Å². The van der Waals surface area contributed by atoms with Gasteiger partial charge in [0.05, 0.1) is 11.9 Å². The summed E-state index contributed by atoms with van der Waals surface area (Å²) >= 11 is 0. The Bertz CT molecular complexity index is 385. The molecule has 5 heteroatoms. The molecule has 0 fully saturated rings. The second-order valence-electron chi connectivity index (χ2n) is 2.42. The van der Waals surface area contributed by atoms with Gasteiger partial charge in [-0.05, 0) is 18.2 Å². The van der Waals surface area contributed by atoms with Gasteiger partial charge in [-0.2, -0.15) is 0 Å². The predicted octanol–water partition coefficient (Wildman–Crippen LogP) is 0.409. The van der Waals surface area contributed by atoms with Gasteiger partial charge in [0.2, 0.25) is 16.4 Å². The van der Waals surface area contributed by atoms with Crippen LogP contribution in [0.1, 0.15) is 0 Å². The highest BCUT2D eigenvalue weighted by Gasteiger charge is 2.15. The van der Waals surface area contributed by atoms with E-state index in [4.69, 9.17) is 0 Å². The fourth-order valence-corrected chi connectivity index (χ4v) is 1.52. The van der Waals surface area contributed by atoms with Crippen LogP contribution < -0.4 is 4.31 Å². The van der Waals surface area contributed by atoms with Crippen LogP contribution in [0.25, 0.3) is 0 Å². The lowest BCUT2D eigenvalue weighted by atomic mass is 10.3. The maximum absolute atomic E-state index is 11.0. The standard InChI is InChI=1S/C8H8NO3S/c1-13(11,12)9(7-10)8-5-3-2-4-6-8/h3-7H,1H3. The molecule has 69 valence electrons. The summed E-state index contributed by atoms with van der Waals surface area (Å²) in [7, 11) is -3.52. The van der Waals surface area contributed by atoms with Gasteiger partial charge in [0.25, 0.3) is 0 Å². The van der Waals surface area contributed by atoms with Gasteiger partial charge < -0.3 is 0 Å². The molecule has 0 N–H and O–H groups in total. The Kier molecular flexibility index (Phi) is 2.67. The van der Waals surface area contributed by atoms with Crippen molar-refractivity contribution in [1.29, 1.82) is 0 Å². The summed E-state index contributed by atoms with van der Waals surface area (Å²) in [6, 6.07) is 8.79. The van der Waals surface area contributed by atoms with Crippen molar-refractivity contribution in [2.75, 3.05) is 10.6 Å². The number of hydrogen-bond donors (Lipinski definition) is 0. The van der Waals surface area contributed by atoms with E-state index in [9.17, 15) is 13.2 Å². The average Bonchev–Trinajstić information content (AvgIpc) is 2.05. The molecular weight excluding hydrogens is 190 g/mol. The number of hydrogen-bond acceptors (Lipinski definition) is 3. The van der Waals surface area contributed by atoms with Gasteiger partial charge in [0.1, 0.15) is 0 Å². The van der Waals surface area contributed by atoms with Gasteiger partial charge in [0, 0.05) is 0 Å². The van der Waals surface area contributed by atoms with Gasteiger partial charge in [0.15, 0.2) is 0 Å². The molecule has 1 rings (SSSR count). The van der Waals surface area contributed by atoms with Crippen LogP contribution in [-0.2, 0) is 14.8 Å². The smallest absolute Gasteiger partial charge is 0.238 e. The normalized spacial score (nSPS) is 10.8. The van der Waals surface area contributed by atoms with Crippen LogP contribution in [0.3, 0.4) is 0 Å². The highest BCUT2D eigenvalue weighted by molar-refractivity contribution is 7.92. The van der Waals surface area contributed by atoms with E-state index in [-0.39, 0.29) is 6.41 Å².